The number of nitrogens with zero attached hydrogens (tertiary/aromatic N) is 1. The van der Waals surface area contributed by atoms with Gasteiger partial charge in [-0.15, -0.1) is 0 Å². The number of amides is 1. The molecule has 0 heterocycles. The first-order valence-electron chi connectivity index (χ1n) is 17.9. The number of phosphoric acid groups is 1. The van der Waals surface area contributed by atoms with Crippen molar-refractivity contribution in [1.29, 1.82) is 0 Å². The molecule has 0 aliphatic rings. The highest BCUT2D eigenvalue weighted by atomic mass is 31.2. The molecule has 1 amide bonds. The van der Waals surface area contributed by atoms with Gasteiger partial charge in [0.05, 0.1) is 39.9 Å². The van der Waals surface area contributed by atoms with E-state index in [2.05, 4.69) is 19.2 Å². The Morgan fingerprint density at radius 2 is 1.12 bits per heavy atom. The van der Waals surface area contributed by atoms with Gasteiger partial charge >= 0.3 is 7.82 Å². The predicted octanol–water partition coefficient (Wildman–Crippen LogP) is 8.68. The van der Waals surface area contributed by atoms with Crippen LogP contribution in [0.1, 0.15) is 162 Å². The summed E-state index contributed by atoms with van der Waals surface area (Å²) in [6, 6.07) is -0.748. The number of carbonyl (C=O) groups is 1. The third kappa shape index (κ3) is 29.9. The molecule has 258 valence electrons. The second kappa shape index (κ2) is 27.8. The van der Waals surface area contributed by atoms with Gasteiger partial charge in [0.25, 0.3) is 0 Å². The van der Waals surface area contributed by atoms with E-state index in [1.165, 1.54) is 96.3 Å². The first kappa shape index (κ1) is 42.5. The second-order valence-electron chi connectivity index (χ2n) is 13.6. The molecular weight excluding hydrogens is 563 g/mol. The highest BCUT2D eigenvalue weighted by Crippen LogP contribution is 2.43. The highest BCUT2D eigenvalue weighted by Gasteiger charge is 2.28. The van der Waals surface area contributed by atoms with Crippen LogP contribution in [0.15, 0.2) is 0 Å². The summed E-state index contributed by atoms with van der Waals surface area (Å²) in [6.45, 7) is 4.81. The van der Waals surface area contributed by atoms with Crippen molar-refractivity contribution in [3.8, 4) is 0 Å². The Hall–Kier alpha value is -0.500. The van der Waals surface area contributed by atoms with E-state index in [4.69, 9.17) is 9.05 Å². The van der Waals surface area contributed by atoms with Gasteiger partial charge in [-0.1, -0.05) is 142 Å². The fraction of sp³-hybridized carbons (Fsp3) is 0.971. The average molecular weight is 636 g/mol. The summed E-state index contributed by atoms with van der Waals surface area (Å²) in [4.78, 5) is 22.8. The van der Waals surface area contributed by atoms with Gasteiger partial charge in [-0.25, -0.2) is 4.57 Å². The molecule has 9 heteroatoms. The van der Waals surface area contributed by atoms with Gasteiger partial charge in [0.2, 0.25) is 5.91 Å². The molecule has 0 saturated heterocycles. The number of carbonyl (C=O) groups excluding carboxylic acids is 1. The number of quaternary nitrogens is 1. The fourth-order valence-electron chi connectivity index (χ4n) is 5.16. The molecule has 0 aromatic carbocycles. The molecule has 3 unspecified atom stereocenters. The lowest BCUT2D eigenvalue weighted by Crippen LogP contribution is -2.46. The van der Waals surface area contributed by atoms with Crippen molar-refractivity contribution in [3.05, 3.63) is 0 Å². The molecule has 43 heavy (non-hydrogen) atoms. The molecule has 0 aliphatic heterocycles. The number of aliphatic hydroxyl groups is 1. The van der Waals surface area contributed by atoms with E-state index in [1.807, 2.05) is 21.1 Å². The topological polar surface area (TPSA) is 105 Å². The quantitative estimate of drug-likeness (QED) is 0.0388. The van der Waals surface area contributed by atoms with E-state index in [0.717, 1.165) is 38.5 Å². The smallest absolute Gasteiger partial charge is 0.391 e. The van der Waals surface area contributed by atoms with Crippen LogP contribution >= 0.6 is 7.82 Å². The van der Waals surface area contributed by atoms with Gasteiger partial charge in [0.1, 0.15) is 13.2 Å². The molecular formula is C34H72N2O6P+. The van der Waals surface area contributed by atoms with Crippen molar-refractivity contribution in [1.82, 2.24) is 5.32 Å². The monoisotopic (exact) mass is 636 g/mol. The number of rotatable bonds is 32. The van der Waals surface area contributed by atoms with Crippen LogP contribution in [0.5, 0.6) is 0 Å². The van der Waals surface area contributed by atoms with E-state index >= 15 is 0 Å². The lowest BCUT2D eigenvalue weighted by Gasteiger charge is -2.26. The summed E-state index contributed by atoms with van der Waals surface area (Å²) >= 11 is 0. The van der Waals surface area contributed by atoms with Crippen LogP contribution in [-0.4, -0.2) is 73.4 Å². The molecule has 0 aliphatic carbocycles. The molecule has 0 aromatic rings. The molecule has 0 saturated carbocycles. The number of nitrogens with one attached hydrogen (secondary N) is 1. The maximum absolute atomic E-state index is 12.7. The number of aliphatic hydroxyl groups excluding tert-OH is 1. The number of likely N-dealkylation sites (N-methyl/N-ethyl adjacent to an activating group) is 1. The average Bonchev–Trinajstić information content (AvgIpc) is 2.94. The zero-order chi connectivity index (χ0) is 32.2. The van der Waals surface area contributed by atoms with Gasteiger partial charge in [-0.3, -0.25) is 13.8 Å². The van der Waals surface area contributed by atoms with E-state index in [9.17, 15) is 19.4 Å². The summed E-state index contributed by atoms with van der Waals surface area (Å²) in [5.41, 5.74) is 0. The van der Waals surface area contributed by atoms with E-state index in [1.54, 1.807) is 0 Å². The largest absolute Gasteiger partial charge is 0.472 e. The van der Waals surface area contributed by atoms with Crippen LogP contribution in [-0.2, 0) is 18.4 Å². The Balaban J connectivity index is 4.32. The summed E-state index contributed by atoms with van der Waals surface area (Å²) < 4.78 is 23.3. The van der Waals surface area contributed by atoms with Crippen molar-refractivity contribution in [3.63, 3.8) is 0 Å². The number of phosphoric ester groups is 1. The standard InChI is InChI=1S/C34H71N2O6P/c1-6-8-10-12-14-15-16-17-18-19-20-21-22-24-26-28-34(38)35-32(33(37)27-25-23-13-11-9-7-2)31-42-43(39,40)41-30-29-36(3,4)5/h32-33,37H,6-31H2,1-5H3,(H-,35,38,39,40)/p+1. The molecule has 3 N–H and O–H groups in total. The third-order valence-corrected chi connectivity index (χ3v) is 9.09. The van der Waals surface area contributed by atoms with Crippen molar-refractivity contribution >= 4 is 13.7 Å². The lowest BCUT2D eigenvalue weighted by atomic mass is 10.0. The molecule has 0 bridgehead atoms. The molecule has 0 aromatic heterocycles. The normalized spacial score (nSPS) is 14.9. The van der Waals surface area contributed by atoms with E-state index in [0.29, 0.717) is 23.9 Å². The number of unbranched alkanes of at least 4 members (excludes halogenated alkanes) is 19. The SMILES string of the molecule is CCCCCCCCCCCCCCCCCC(=O)NC(COP(=O)(O)OCC[N+](C)(C)C)C(O)CCCCCCCC. The summed E-state index contributed by atoms with van der Waals surface area (Å²) in [6.07, 6.45) is 25.7. The summed E-state index contributed by atoms with van der Waals surface area (Å²) in [7, 11) is 1.62. The van der Waals surface area contributed by atoms with Crippen LogP contribution in [0.3, 0.4) is 0 Å². The first-order valence-corrected chi connectivity index (χ1v) is 19.4. The van der Waals surface area contributed by atoms with Crippen LogP contribution in [0.2, 0.25) is 0 Å². The summed E-state index contributed by atoms with van der Waals surface area (Å²) in [5, 5.41) is 13.7. The lowest BCUT2D eigenvalue weighted by molar-refractivity contribution is -0.870. The van der Waals surface area contributed by atoms with Crippen LogP contribution in [0, 0.1) is 0 Å². The maximum Gasteiger partial charge on any atom is 0.472 e. The Labute approximate surface area is 266 Å². The molecule has 8 nitrogen and oxygen atoms in total. The van der Waals surface area contributed by atoms with E-state index < -0.39 is 20.0 Å². The minimum atomic E-state index is -4.29. The van der Waals surface area contributed by atoms with Crippen molar-refractivity contribution in [2.45, 2.75) is 174 Å². The molecule has 3 atom stereocenters. The number of hydrogen-bond donors (Lipinski definition) is 3. The van der Waals surface area contributed by atoms with Crippen LogP contribution < -0.4 is 5.32 Å². The molecule has 0 fully saturated rings. The van der Waals surface area contributed by atoms with Crippen molar-refractivity contribution in [2.75, 3.05) is 40.9 Å². The Morgan fingerprint density at radius 3 is 1.56 bits per heavy atom. The second-order valence-corrected chi connectivity index (χ2v) is 15.1. The van der Waals surface area contributed by atoms with E-state index in [-0.39, 0.29) is 19.1 Å². The Bertz CT molecular complexity index is 688. The third-order valence-electron chi connectivity index (χ3n) is 8.11. The molecule has 0 rings (SSSR count). The van der Waals surface area contributed by atoms with Crippen LogP contribution in [0.25, 0.3) is 0 Å². The van der Waals surface area contributed by atoms with Crippen LogP contribution in [0.4, 0.5) is 0 Å². The highest BCUT2D eigenvalue weighted by molar-refractivity contribution is 7.47. The van der Waals surface area contributed by atoms with Gasteiger partial charge < -0.3 is 19.8 Å². The Kier molecular flexibility index (Phi) is 27.5. The zero-order valence-corrected chi connectivity index (χ0v) is 29.9. The summed E-state index contributed by atoms with van der Waals surface area (Å²) in [5.74, 6) is -0.149. The minimum Gasteiger partial charge on any atom is -0.391 e. The predicted molar refractivity (Wildman–Crippen MR) is 180 cm³/mol. The van der Waals surface area contributed by atoms with Crippen molar-refractivity contribution in [2.24, 2.45) is 0 Å². The maximum atomic E-state index is 12.7. The van der Waals surface area contributed by atoms with Gasteiger partial charge in [0.15, 0.2) is 0 Å². The Morgan fingerprint density at radius 1 is 0.698 bits per heavy atom. The fourth-order valence-corrected chi connectivity index (χ4v) is 5.90. The molecule has 0 spiro atoms. The van der Waals surface area contributed by atoms with Crippen molar-refractivity contribution < 1.29 is 32.9 Å². The first-order chi connectivity index (χ1) is 20.5. The van der Waals surface area contributed by atoms with Gasteiger partial charge in [-0.05, 0) is 12.8 Å². The van der Waals surface area contributed by atoms with Gasteiger partial charge in [0, 0.05) is 6.42 Å². The molecule has 0 radical (unpaired) electrons. The zero-order valence-electron chi connectivity index (χ0n) is 29.0. The minimum absolute atomic E-state index is 0.0772. The van der Waals surface area contributed by atoms with Gasteiger partial charge in [-0.2, -0.15) is 0 Å². The number of hydrogen-bond acceptors (Lipinski definition) is 5.